The monoisotopic (exact) mass is 399 g/mol. The molecule has 1 fully saturated rings. The molecule has 3 heterocycles. The van der Waals surface area contributed by atoms with Gasteiger partial charge >= 0.3 is 0 Å². The van der Waals surface area contributed by atoms with Crippen LogP contribution >= 0.6 is 0 Å². The lowest BCUT2D eigenvalue weighted by atomic mass is 10.2. The normalized spacial score (nSPS) is 15.3. The summed E-state index contributed by atoms with van der Waals surface area (Å²) in [5.74, 6) is 2.62. The molecule has 0 radical (unpaired) electrons. The van der Waals surface area contributed by atoms with Gasteiger partial charge in [0.05, 0.1) is 17.2 Å². The molecule has 0 unspecified atom stereocenters. The fraction of sp³-hybridized carbons (Fsp3) is 0.250. The van der Waals surface area contributed by atoms with E-state index in [2.05, 4.69) is 44.0 Å². The molecule has 2 aromatic carbocycles. The highest BCUT2D eigenvalue weighted by Crippen LogP contribution is 2.26. The van der Waals surface area contributed by atoms with Gasteiger partial charge in [-0.05, 0) is 36.8 Å². The lowest BCUT2D eigenvalue weighted by Crippen LogP contribution is -2.31. The number of benzene rings is 2. The summed E-state index contributed by atoms with van der Waals surface area (Å²) in [7, 11) is 0. The van der Waals surface area contributed by atoms with Gasteiger partial charge in [0.25, 0.3) is 0 Å². The maximum absolute atomic E-state index is 6.09. The first-order valence-corrected chi connectivity index (χ1v) is 10.4. The average Bonchev–Trinajstić information content (AvgIpc) is 3.08. The predicted molar refractivity (Wildman–Crippen MR) is 119 cm³/mol. The Hall–Kier alpha value is -3.38. The van der Waals surface area contributed by atoms with Gasteiger partial charge in [0.1, 0.15) is 11.5 Å². The van der Waals surface area contributed by atoms with Crippen LogP contribution in [0.5, 0.6) is 11.5 Å². The zero-order chi connectivity index (χ0) is 20.2. The molecule has 4 aromatic rings. The molecule has 6 nitrogen and oxygen atoms in total. The smallest absolute Gasteiger partial charge is 0.203 e. The fourth-order valence-corrected chi connectivity index (χ4v) is 3.94. The van der Waals surface area contributed by atoms with Crippen molar-refractivity contribution >= 4 is 17.0 Å². The van der Waals surface area contributed by atoms with Crippen LogP contribution in [0.2, 0.25) is 0 Å². The lowest BCUT2D eigenvalue weighted by molar-refractivity contribution is 0.281. The summed E-state index contributed by atoms with van der Waals surface area (Å²) in [5, 5.41) is 0. The highest BCUT2D eigenvalue weighted by Gasteiger charge is 2.19. The second-order valence-electron chi connectivity index (χ2n) is 7.59. The molecule has 0 amide bonds. The number of hydrogen-bond donors (Lipinski definition) is 1. The van der Waals surface area contributed by atoms with E-state index in [1.165, 1.54) is 5.56 Å². The molecule has 152 valence electrons. The van der Waals surface area contributed by atoms with Crippen molar-refractivity contribution in [2.24, 2.45) is 0 Å². The number of pyridine rings is 1. The van der Waals surface area contributed by atoms with E-state index in [0.29, 0.717) is 0 Å². The zero-order valence-corrected chi connectivity index (χ0v) is 16.9. The van der Waals surface area contributed by atoms with Crippen molar-refractivity contribution < 1.29 is 4.74 Å². The second-order valence-corrected chi connectivity index (χ2v) is 7.59. The topological polar surface area (TPSA) is 57.3 Å². The summed E-state index contributed by atoms with van der Waals surface area (Å²) in [6, 6.07) is 20.3. The third-order valence-electron chi connectivity index (χ3n) is 5.49. The molecule has 0 saturated carbocycles. The number of hydrogen-bond acceptors (Lipinski definition) is 5. The van der Waals surface area contributed by atoms with Crippen LogP contribution in [0, 0.1) is 0 Å². The molecule has 1 saturated heterocycles. The van der Waals surface area contributed by atoms with Gasteiger partial charge in [-0.1, -0.05) is 30.3 Å². The van der Waals surface area contributed by atoms with Crippen LogP contribution in [0.4, 0.5) is 5.95 Å². The molecule has 2 aromatic heterocycles. The first-order valence-electron chi connectivity index (χ1n) is 10.4. The lowest BCUT2D eigenvalue weighted by Gasteiger charge is -2.22. The SMILES string of the molecule is c1cncc(Oc2ccccc2CN2CCCN(c3nc4ccccc4[nH]3)CC2)c1. The predicted octanol–water partition coefficient (Wildman–Crippen LogP) is 4.46. The first-order chi connectivity index (χ1) is 14.8. The first kappa shape index (κ1) is 18.6. The Kier molecular flexibility index (Phi) is 5.31. The van der Waals surface area contributed by atoms with Gasteiger partial charge in [0.15, 0.2) is 0 Å². The second kappa shape index (κ2) is 8.55. The zero-order valence-electron chi connectivity index (χ0n) is 16.9. The van der Waals surface area contributed by atoms with E-state index in [4.69, 9.17) is 9.72 Å². The largest absolute Gasteiger partial charge is 0.455 e. The molecule has 1 aliphatic heterocycles. The Balaban J connectivity index is 1.27. The maximum Gasteiger partial charge on any atom is 0.203 e. The molecule has 1 aliphatic rings. The van der Waals surface area contributed by atoms with Crippen molar-refractivity contribution in [3.05, 3.63) is 78.6 Å². The maximum atomic E-state index is 6.09. The van der Waals surface area contributed by atoms with E-state index < -0.39 is 0 Å². The minimum atomic E-state index is 0.761. The van der Waals surface area contributed by atoms with Gasteiger partial charge in [-0.15, -0.1) is 0 Å². The minimum Gasteiger partial charge on any atom is -0.455 e. The Bertz CT molecular complexity index is 1080. The number of aromatic amines is 1. The summed E-state index contributed by atoms with van der Waals surface area (Å²) in [5.41, 5.74) is 3.31. The Morgan fingerprint density at radius 3 is 2.70 bits per heavy atom. The summed E-state index contributed by atoms with van der Waals surface area (Å²) in [6.45, 7) is 4.86. The summed E-state index contributed by atoms with van der Waals surface area (Å²) in [4.78, 5) is 17.2. The molecule has 1 N–H and O–H groups in total. The number of imidazole rings is 1. The average molecular weight is 399 g/mol. The van der Waals surface area contributed by atoms with Crippen LogP contribution in [0.1, 0.15) is 12.0 Å². The van der Waals surface area contributed by atoms with Gasteiger partial charge in [-0.25, -0.2) is 4.98 Å². The number of rotatable bonds is 5. The van der Waals surface area contributed by atoms with Crippen molar-refractivity contribution in [1.82, 2.24) is 19.9 Å². The molecule has 30 heavy (non-hydrogen) atoms. The Morgan fingerprint density at radius 1 is 0.900 bits per heavy atom. The van der Waals surface area contributed by atoms with Crippen LogP contribution in [0.25, 0.3) is 11.0 Å². The van der Waals surface area contributed by atoms with Gasteiger partial charge in [0.2, 0.25) is 5.95 Å². The van der Waals surface area contributed by atoms with Crippen LogP contribution in [0.3, 0.4) is 0 Å². The molecule has 0 aliphatic carbocycles. The molecular weight excluding hydrogens is 374 g/mol. The van der Waals surface area contributed by atoms with Gasteiger partial charge in [0, 0.05) is 44.5 Å². The number of H-pyrrole nitrogens is 1. The molecule has 0 atom stereocenters. The van der Waals surface area contributed by atoms with E-state index in [1.807, 2.05) is 36.4 Å². The van der Waals surface area contributed by atoms with E-state index in [1.54, 1.807) is 12.4 Å². The highest BCUT2D eigenvalue weighted by atomic mass is 16.5. The van der Waals surface area contributed by atoms with Gasteiger partial charge in [-0.2, -0.15) is 0 Å². The molecule has 5 rings (SSSR count). The summed E-state index contributed by atoms with van der Waals surface area (Å²) >= 11 is 0. The Labute approximate surface area is 176 Å². The standard InChI is InChI=1S/C24H25N5O/c1-4-11-23(30-20-8-5-12-25-17-20)19(7-1)18-28-13-6-14-29(16-15-28)24-26-21-9-2-3-10-22(21)27-24/h1-5,7-12,17H,6,13-16,18H2,(H,26,27). The third-order valence-corrected chi connectivity index (χ3v) is 5.49. The van der Waals surface area contributed by atoms with E-state index in [9.17, 15) is 0 Å². The van der Waals surface area contributed by atoms with Crippen molar-refractivity contribution in [3.8, 4) is 11.5 Å². The number of ether oxygens (including phenoxy) is 1. The quantitative estimate of drug-likeness (QED) is 0.537. The number of fused-ring (bicyclic) bond motifs is 1. The van der Waals surface area contributed by atoms with Crippen LogP contribution in [0.15, 0.2) is 73.1 Å². The molecule has 0 spiro atoms. The van der Waals surface area contributed by atoms with Crippen molar-refractivity contribution in [2.75, 3.05) is 31.1 Å². The van der Waals surface area contributed by atoms with Crippen molar-refractivity contribution in [2.45, 2.75) is 13.0 Å². The van der Waals surface area contributed by atoms with Crippen molar-refractivity contribution in [1.29, 1.82) is 0 Å². The number of nitrogens with one attached hydrogen (secondary N) is 1. The fourth-order valence-electron chi connectivity index (χ4n) is 3.94. The van der Waals surface area contributed by atoms with Crippen molar-refractivity contribution in [3.63, 3.8) is 0 Å². The minimum absolute atomic E-state index is 0.761. The van der Waals surface area contributed by atoms with Crippen LogP contribution in [-0.4, -0.2) is 46.0 Å². The van der Waals surface area contributed by atoms with E-state index in [-0.39, 0.29) is 0 Å². The third kappa shape index (κ3) is 4.14. The Morgan fingerprint density at radius 2 is 1.80 bits per heavy atom. The number of anilines is 1. The van der Waals surface area contributed by atoms with Crippen LogP contribution < -0.4 is 9.64 Å². The number of aromatic nitrogens is 3. The molecule has 6 heteroatoms. The number of nitrogens with zero attached hydrogens (tertiary/aromatic N) is 4. The molecular formula is C24H25N5O. The summed E-state index contributed by atoms with van der Waals surface area (Å²) < 4.78 is 6.09. The van der Waals surface area contributed by atoms with E-state index >= 15 is 0 Å². The van der Waals surface area contributed by atoms with Gasteiger partial charge in [-0.3, -0.25) is 9.88 Å². The number of para-hydroxylation sites is 3. The summed E-state index contributed by atoms with van der Waals surface area (Å²) in [6.07, 6.45) is 4.60. The highest BCUT2D eigenvalue weighted by molar-refractivity contribution is 5.77. The van der Waals surface area contributed by atoms with E-state index in [0.717, 1.165) is 67.6 Å². The van der Waals surface area contributed by atoms with Crippen LogP contribution in [-0.2, 0) is 6.54 Å². The molecule has 0 bridgehead atoms. The van der Waals surface area contributed by atoms with Gasteiger partial charge < -0.3 is 14.6 Å².